The number of amides is 1. The third-order valence-electron chi connectivity index (χ3n) is 5.40. The molecular weight excluding hydrogens is 422 g/mol. The minimum atomic E-state index is -0.336. The number of anilines is 1. The molecule has 1 aromatic heterocycles. The van der Waals surface area contributed by atoms with Gasteiger partial charge < -0.3 is 16.4 Å². The lowest BCUT2D eigenvalue weighted by Gasteiger charge is -2.21. The van der Waals surface area contributed by atoms with Gasteiger partial charge in [-0.05, 0) is 29.7 Å². The van der Waals surface area contributed by atoms with E-state index in [2.05, 4.69) is 56.4 Å². The van der Waals surface area contributed by atoms with Gasteiger partial charge in [-0.3, -0.25) is 19.0 Å². The van der Waals surface area contributed by atoms with Crippen molar-refractivity contribution in [3.63, 3.8) is 0 Å². The summed E-state index contributed by atoms with van der Waals surface area (Å²) in [4.78, 5) is 38.8. The van der Waals surface area contributed by atoms with E-state index in [1.165, 1.54) is 20.9 Å². The summed E-state index contributed by atoms with van der Waals surface area (Å²) in [6, 6.07) is 14.5. The second kappa shape index (κ2) is 10.1. The highest BCUT2D eigenvalue weighted by Crippen LogP contribution is 2.16. The van der Waals surface area contributed by atoms with Crippen molar-refractivity contribution in [3.05, 3.63) is 70.3 Å². The number of nitrogens with zero attached hydrogens (tertiary/aromatic N) is 3. The smallest absolute Gasteiger partial charge is 0.293 e. The number of fused-ring (bicyclic) bond motifs is 1. The summed E-state index contributed by atoms with van der Waals surface area (Å²) in [5.41, 5.74) is 9.37. The van der Waals surface area contributed by atoms with Gasteiger partial charge in [0.1, 0.15) is 12.6 Å². The Bertz CT molecular complexity index is 1240. The lowest BCUT2D eigenvalue weighted by atomic mass is 10.1. The molecule has 0 saturated heterocycles. The Morgan fingerprint density at radius 3 is 2.88 bits per heavy atom. The van der Waals surface area contributed by atoms with Crippen molar-refractivity contribution in [1.82, 2.24) is 20.3 Å². The Balaban J connectivity index is 1.33. The summed E-state index contributed by atoms with van der Waals surface area (Å²) >= 11 is 0. The standard InChI is InChI=1S/C23H27N7O3/c1-15-11-27-21(25-9-8-16-6-7-17-4-2-3-5-18(17)10-16)22(32)30(15)14-20(31)26-12-19-13-28-23(24)29-33-19/h2-7,10-11,19H,8-9,12-14H2,1H3,(H,25,27)(H,26,31)(H3,24,28,29). The average Bonchev–Trinajstić information content (AvgIpc) is 2.83. The molecule has 5 N–H and O–H groups in total. The van der Waals surface area contributed by atoms with Crippen molar-refractivity contribution in [2.45, 2.75) is 26.0 Å². The lowest BCUT2D eigenvalue weighted by molar-refractivity contribution is -0.122. The van der Waals surface area contributed by atoms with E-state index in [1.807, 2.05) is 12.1 Å². The lowest BCUT2D eigenvalue weighted by Crippen LogP contribution is -2.46. The van der Waals surface area contributed by atoms with Crippen LogP contribution >= 0.6 is 0 Å². The van der Waals surface area contributed by atoms with Crippen LogP contribution in [0.4, 0.5) is 5.82 Å². The molecular formula is C23H27N7O3. The Morgan fingerprint density at radius 1 is 1.27 bits per heavy atom. The molecule has 1 atom stereocenters. The number of aliphatic imine (C=N–C) groups is 1. The van der Waals surface area contributed by atoms with Crippen molar-refractivity contribution in [2.75, 3.05) is 25.0 Å². The van der Waals surface area contributed by atoms with Crippen LogP contribution in [-0.4, -0.2) is 47.2 Å². The molecule has 4 rings (SSSR count). The van der Waals surface area contributed by atoms with Crippen LogP contribution in [-0.2, 0) is 22.6 Å². The number of carbonyl (C=O) groups is 1. The van der Waals surface area contributed by atoms with Crippen LogP contribution < -0.4 is 27.4 Å². The second-order valence-electron chi connectivity index (χ2n) is 7.87. The van der Waals surface area contributed by atoms with E-state index in [9.17, 15) is 9.59 Å². The monoisotopic (exact) mass is 449 g/mol. The summed E-state index contributed by atoms with van der Waals surface area (Å²) in [6.07, 6.45) is 1.99. The summed E-state index contributed by atoms with van der Waals surface area (Å²) in [5.74, 6) is 0.121. The number of nitrogens with two attached hydrogens (primary N) is 1. The van der Waals surface area contributed by atoms with Gasteiger partial charge in [0.05, 0.1) is 6.54 Å². The maximum Gasteiger partial charge on any atom is 0.293 e. The summed E-state index contributed by atoms with van der Waals surface area (Å²) in [6.45, 7) is 2.77. The minimum Gasteiger partial charge on any atom is -0.368 e. The number of aryl methyl sites for hydroxylation is 1. The normalized spacial score (nSPS) is 15.5. The molecule has 1 unspecified atom stereocenters. The van der Waals surface area contributed by atoms with Gasteiger partial charge >= 0.3 is 0 Å². The first kappa shape index (κ1) is 22.3. The van der Waals surface area contributed by atoms with Gasteiger partial charge in [0.2, 0.25) is 11.9 Å². The maximum absolute atomic E-state index is 12.9. The molecule has 10 heteroatoms. The van der Waals surface area contributed by atoms with E-state index in [0.717, 1.165) is 6.42 Å². The molecule has 1 aliphatic rings. The quantitative estimate of drug-likeness (QED) is 0.397. The Labute approximate surface area is 190 Å². The van der Waals surface area contributed by atoms with E-state index < -0.39 is 0 Å². The fourth-order valence-corrected chi connectivity index (χ4v) is 3.55. The molecule has 0 spiro atoms. The Hall–Kier alpha value is -3.92. The van der Waals surface area contributed by atoms with Crippen LogP contribution in [0.15, 0.2) is 58.4 Å². The first-order valence-electron chi connectivity index (χ1n) is 10.8. The number of hydroxylamine groups is 1. The van der Waals surface area contributed by atoms with Crippen molar-refractivity contribution in [1.29, 1.82) is 0 Å². The number of hydrogen-bond acceptors (Lipinski definition) is 8. The average molecular weight is 450 g/mol. The molecule has 2 heterocycles. The fraction of sp³-hybridized carbons (Fsp3) is 0.304. The zero-order valence-electron chi connectivity index (χ0n) is 18.4. The SMILES string of the molecule is Cc1cnc(NCCc2ccc3ccccc3c2)c(=O)n1CC(=O)NCC1CN=C(N)NO1. The molecule has 3 aromatic rings. The van der Waals surface area contributed by atoms with E-state index in [4.69, 9.17) is 10.6 Å². The highest BCUT2D eigenvalue weighted by atomic mass is 16.7. The Kier molecular flexibility index (Phi) is 6.84. The first-order valence-corrected chi connectivity index (χ1v) is 10.8. The molecule has 0 saturated carbocycles. The molecule has 0 aliphatic carbocycles. The predicted molar refractivity (Wildman–Crippen MR) is 127 cm³/mol. The summed E-state index contributed by atoms with van der Waals surface area (Å²) in [7, 11) is 0. The zero-order valence-corrected chi connectivity index (χ0v) is 18.4. The molecule has 172 valence electrons. The van der Waals surface area contributed by atoms with E-state index in [1.54, 1.807) is 13.1 Å². The molecule has 1 aliphatic heterocycles. The number of rotatable bonds is 8. The van der Waals surface area contributed by atoms with Crippen molar-refractivity contribution < 1.29 is 9.63 Å². The highest BCUT2D eigenvalue weighted by Gasteiger charge is 2.17. The number of carbonyl (C=O) groups excluding carboxylic acids is 1. The number of nitrogens with one attached hydrogen (secondary N) is 3. The van der Waals surface area contributed by atoms with Gasteiger partial charge in [-0.25, -0.2) is 15.5 Å². The fourth-order valence-electron chi connectivity index (χ4n) is 3.55. The third kappa shape index (κ3) is 5.66. The van der Waals surface area contributed by atoms with Gasteiger partial charge in [0.15, 0.2) is 5.82 Å². The van der Waals surface area contributed by atoms with E-state index >= 15 is 0 Å². The topological polar surface area (TPSA) is 136 Å². The molecule has 0 radical (unpaired) electrons. The van der Waals surface area contributed by atoms with Crippen molar-refractivity contribution in [2.24, 2.45) is 10.7 Å². The van der Waals surface area contributed by atoms with Crippen LogP contribution in [0.25, 0.3) is 10.8 Å². The first-order chi connectivity index (χ1) is 16.0. The van der Waals surface area contributed by atoms with Crippen LogP contribution in [0.1, 0.15) is 11.3 Å². The van der Waals surface area contributed by atoms with E-state index in [-0.39, 0.29) is 42.4 Å². The van der Waals surface area contributed by atoms with Gasteiger partial charge in [-0.2, -0.15) is 0 Å². The van der Waals surface area contributed by atoms with Crippen LogP contribution in [0, 0.1) is 6.92 Å². The van der Waals surface area contributed by atoms with Crippen LogP contribution in [0.3, 0.4) is 0 Å². The number of aromatic nitrogens is 2. The molecule has 33 heavy (non-hydrogen) atoms. The summed E-state index contributed by atoms with van der Waals surface area (Å²) < 4.78 is 1.40. The zero-order chi connectivity index (χ0) is 23.2. The molecule has 0 bridgehead atoms. The van der Waals surface area contributed by atoms with Gasteiger partial charge in [0.25, 0.3) is 5.56 Å². The largest absolute Gasteiger partial charge is 0.368 e. The van der Waals surface area contributed by atoms with Crippen molar-refractivity contribution >= 4 is 28.5 Å². The Morgan fingerprint density at radius 2 is 2.09 bits per heavy atom. The molecule has 10 nitrogen and oxygen atoms in total. The summed E-state index contributed by atoms with van der Waals surface area (Å²) in [5, 5.41) is 8.24. The van der Waals surface area contributed by atoms with Gasteiger partial charge in [0, 0.05) is 25.0 Å². The maximum atomic E-state index is 12.9. The van der Waals surface area contributed by atoms with Gasteiger partial charge in [-0.15, -0.1) is 0 Å². The van der Waals surface area contributed by atoms with E-state index in [0.29, 0.717) is 18.8 Å². The number of benzene rings is 2. The minimum absolute atomic E-state index is 0.113. The van der Waals surface area contributed by atoms with Crippen LogP contribution in [0.2, 0.25) is 0 Å². The van der Waals surface area contributed by atoms with Crippen molar-refractivity contribution in [3.8, 4) is 0 Å². The molecule has 2 aromatic carbocycles. The third-order valence-corrected chi connectivity index (χ3v) is 5.40. The second-order valence-corrected chi connectivity index (χ2v) is 7.87. The predicted octanol–water partition coefficient (Wildman–Crippen LogP) is 0.694. The highest BCUT2D eigenvalue weighted by molar-refractivity contribution is 5.83. The molecule has 0 fully saturated rings. The number of guanidine groups is 1. The number of hydrogen-bond donors (Lipinski definition) is 4. The van der Waals surface area contributed by atoms with Crippen LogP contribution in [0.5, 0.6) is 0 Å². The molecule has 1 amide bonds. The van der Waals surface area contributed by atoms with Gasteiger partial charge in [-0.1, -0.05) is 42.5 Å².